The van der Waals surface area contributed by atoms with Crippen molar-refractivity contribution in [3.8, 4) is 10.6 Å². The number of aromatic nitrogens is 3. The maximum Gasteiger partial charge on any atom is 0.312 e. The summed E-state index contributed by atoms with van der Waals surface area (Å²) in [4.78, 5) is 28.1. The zero-order valence-corrected chi connectivity index (χ0v) is 18.4. The van der Waals surface area contributed by atoms with E-state index in [1.807, 2.05) is 36.4 Å². The average Bonchev–Trinajstić information content (AvgIpc) is 3.27. The van der Waals surface area contributed by atoms with Gasteiger partial charge in [0.25, 0.3) is 0 Å². The monoisotopic (exact) mass is 435 g/mol. The third-order valence-electron chi connectivity index (χ3n) is 5.16. The fourth-order valence-corrected chi connectivity index (χ4v) is 4.57. The number of amides is 1. The fourth-order valence-electron chi connectivity index (χ4n) is 3.50. The molecule has 0 aliphatic carbocycles. The van der Waals surface area contributed by atoms with Crippen LogP contribution in [0.4, 0.5) is 11.4 Å². The highest BCUT2D eigenvalue weighted by atomic mass is 32.1. The highest BCUT2D eigenvalue weighted by molar-refractivity contribution is 7.21. The summed E-state index contributed by atoms with van der Waals surface area (Å²) in [5.74, 6) is -0.302. The second-order valence-corrected chi connectivity index (χ2v) is 8.48. The van der Waals surface area contributed by atoms with Crippen molar-refractivity contribution in [1.29, 1.82) is 0 Å². The predicted molar refractivity (Wildman–Crippen MR) is 121 cm³/mol. The van der Waals surface area contributed by atoms with Crippen LogP contribution in [-0.4, -0.2) is 25.6 Å². The van der Waals surface area contributed by atoms with Crippen molar-refractivity contribution in [2.45, 2.75) is 33.7 Å². The number of rotatable bonds is 5. The largest absolute Gasteiger partial charge is 0.324 e. The molecule has 2 aromatic carbocycles. The first-order valence-electron chi connectivity index (χ1n) is 9.73. The minimum absolute atomic E-state index is 0.0602. The topological polar surface area (TPSA) is 103 Å². The van der Waals surface area contributed by atoms with Crippen molar-refractivity contribution in [3.63, 3.8) is 0 Å². The number of benzene rings is 2. The lowest BCUT2D eigenvalue weighted by Crippen LogP contribution is -2.25. The SMILES string of the molecule is Cc1ccc2nc(-c3ccc(NC(=O)C(C)n4nc(C)c([N+](=O)[O-])c4C)cc3)sc2c1. The lowest BCUT2D eigenvalue weighted by Gasteiger charge is -2.14. The van der Waals surface area contributed by atoms with Crippen LogP contribution < -0.4 is 5.32 Å². The fraction of sp³-hybridized carbons (Fsp3) is 0.227. The molecule has 31 heavy (non-hydrogen) atoms. The van der Waals surface area contributed by atoms with E-state index in [2.05, 4.69) is 28.4 Å². The number of nitro groups is 1. The van der Waals surface area contributed by atoms with E-state index < -0.39 is 11.0 Å². The number of nitrogens with one attached hydrogen (secondary N) is 1. The molecule has 0 saturated carbocycles. The molecule has 0 aliphatic rings. The van der Waals surface area contributed by atoms with Gasteiger partial charge < -0.3 is 5.32 Å². The molecule has 8 nitrogen and oxygen atoms in total. The molecule has 1 atom stereocenters. The van der Waals surface area contributed by atoms with Gasteiger partial charge in [-0.25, -0.2) is 4.98 Å². The zero-order chi connectivity index (χ0) is 22.3. The number of nitrogens with zero attached hydrogens (tertiary/aromatic N) is 4. The van der Waals surface area contributed by atoms with E-state index in [0.29, 0.717) is 11.4 Å². The first-order chi connectivity index (χ1) is 14.7. The number of anilines is 1. The van der Waals surface area contributed by atoms with Crippen LogP contribution in [0.3, 0.4) is 0 Å². The Morgan fingerprint density at radius 2 is 1.87 bits per heavy atom. The molecule has 0 fully saturated rings. The van der Waals surface area contributed by atoms with E-state index in [1.165, 1.54) is 10.2 Å². The van der Waals surface area contributed by atoms with Gasteiger partial charge in [0.05, 0.1) is 15.1 Å². The number of carbonyl (C=O) groups is 1. The summed E-state index contributed by atoms with van der Waals surface area (Å²) < 4.78 is 2.53. The van der Waals surface area contributed by atoms with Gasteiger partial charge in [0.15, 0.2) is 0 Å². The van der Waals surface area contributed by atoms with Crippen molar-refractivity contribution in [1.82, 2.24) is 14.8 Å². The average molecular weight is 436 g/mol. The summed E-state index contributed by atoms with van der Waals surface area (Å²) in [6.45, 7) is 6.88. The van der Waals surface area contributed by atoms with Crippen molar-refractivity contribution < 1.29 is 9.72 Å². The standard InChI is InChI=1S/C22H21N5O3S/c1-12-5-10-18-19(11-12)31-22(24-18)16-6-8-17(9-7-16)23-21(28)15(4)26-14(3)20(27(29)30)13(2)25-26/h5-11,15H,1-4H3,(H,23,28). The molecule has 0 radical (unpaired) electrons. The van der Waals surface area contributed by atoms with E-state index >= 15 is 0 Å². The third-order valence-corrected chi connectivity index (χ3v) is 6.23. The Morgan fingerprint density at radius 3 is 2.52 bits per heavy atom. The van der Waals surface area contributed by atoms with Gasteiger partial charge in [-0.1, -0.05) is 6.07 Å². The molecule has 4 aromatic rings. The van der Waals surface area contributed by atoms with Crippen molar-refractivity contribution in [3.05, 3.63) is 69.5 Å². The lowest BCUT2D eigenvalue weighted by atomic mass is 10.2. The van der Waals surface area contributed by atoms with Gasteiger partial charge >= 0.3 is 5.69 Å². The van der Waals surface area contributed by atoms with Crippen LogP contribution >= 0.6 is 11.3 Å². The summed E-state index contributed by atoms with van der Waals surface area (Å²) in [6.07, 6.45) is 0. The molecule has 0 aliphatic heterocycles. The van der Waals surface area contributed by atoms with E-state index in [-0.39, 0.29) is 17.3 Å². The smallest absolute Gasteiger partial charge is 0.312 e. The van der Waals surface area contributed by atoms with Crippen LogP contribution in [-0.2, 0) is 4.79 Å². The summed E-state index contributed by atoms with van der Waals surface area (Å²) in [7, 11) is 0. The number of carbonyl (C=O) groups excluding carboxylic acids is 1. The van der Waals surface area contributed by atoms with Gasteiger partial charge in [-0.15, -0.1) is 11.3 Å². The molecule has 4 rings (SSSR count). The Hall–Kier alpha value is -3.59. The molecule has 0 bridgehead atoms. The molecule has 0 spiro atoms. The van der Waals surface area contributed by atoms with Gasteiger partial charge in [-0.3, -0.25) is 19.6 Å². The lowest BCUT2D eigenvalue weighted by molar-refractivity contribution is -0.386. The van der Waals surface area contributed by atoms with Crippen molar-refractivity contribution in [2.24, 2.45) is 0 Å². The normalized spacial score (nSPS) is 12.1. The molecule has 2 heterocycles. The highest BCUT2D eigenvalue weighted by Gasteiger charge is 2.27. The molecule has 2 aromatic heterocycles. The van der Waals surface area contributed by atoms with E-state index in [9.17, 15) is 14.9 Å². The van der Waals surface area contributed by atoms with Crippen LogP contribution in [0.15, 0.2) is 42.5 Å². The van der Waals surface area contributed by atoms with Crippen LogP contribution in [0, 0.1) is 30.9 Å². The second kappa shape index (κ2) is 7.92. The highest BCUT2D eigenvalue weighted by Crippen LogP contribution is 2.31. The Balaban J connectivity index is 1.51. The number of fused-ring (bicyclic) bond motifs is 1. The number of aryl methyl sites for hydroxylation is 2. The van der Waals surface area contributed by atoms with Gasteiger partial charge in [-0.05, 0) is 69.7 Å². The summed E-state index contributed by atoms with van der Waals surface area (Å²) in [5.41, 5.74) is 4.35. The first-order valence-corrected chi connectivity index (χ1v) is 10.5. The Kier molecular flexibility index (Phi) is 5.28. The van der Waals surface area contributed by atoms with Crippen LogP contribution in [0.25, 0.3) is 20.8 Å². The molecule has 1 amide bonds. The minimum Gasteiger partial charge on any atom is -0.324 e. The molecule has 1 N–H and O–H groups in total. The summed E-state index contributed by atoms with van der Waals surface area (Å²) >= 11 is 1.63. The molecule has 9 heteroatoms. The van der Waals surface area contributed by atoms with Crippen LogP contribution in [0.2, 0.25) is 0 Å². The predicted octanol–water partition coefficient (Wildman–Crippen LogP) is 5.19. The van der Waals surface area contributed by atoms with Crippen molar-refractivity contribution in [2.75, 3.05) is 5.32 Å². The molecule has 158 valence electrons. The molecule has 1 unspecified atom stereocenters. The maximum atomic E-state index is 12.7. The number of thiazole rings is 1. The maximum absolute atomic E-state index is 12.7. The van der Waals surface area contributed by atoms with Gasteiger partial charge in [-0.2, -0.15) is 5.10 Å². The Bertz CT molecular complexity index is 1310. The minimum atomic E-state index is -0.695. The first kappa shape index (κ1) is 20.7. The Labute approximate surface area is 182 Å². The third kappa shape index (κ3) is 3.91. The summed E-state index contributed by atoms with van der Waals surface area (Å²) in [6, 6.07) is 13.0. The van der Waals surface area contributed by atoms with E-state index in [1.54, 1.807) is 32.1 Å². The van der Waals surface area contributed by atoms with Gasteiger partial charge in [0.1, 0.15) is 22.4 Å². The van der Waals surface area contributed by atoms with Gasteiger partial charge in [0, 0.05) is 11.3 Å². The molecule has 0 saturated heterocycles. The molecular formula is C22H21N5O3S. The zero-order valence-electron chi connectivity index (χ0n) is 17.5. The summed E-state index contributed by atoms with van der Waals surface area (Å²) in [5, 5.41) is 19.2. The molecular weight excluding hydrogens is 414 g/mol. The van der Waals surface area contributed by atoms with Crippen molar-refractivity contribution >= 4 is 38.8 Å². The number of hydrogen-bond acceptors (Lipinski definition) is 6. The quantitative estimate of drug-likeness (QED) is 0.343. The Morgan fingerprint density at radius 1 is 1.16 bits per heavy atom. The van der Waals surface area contributed by atoms with E-state index in [0.717, 1.165) is 20.8 Å². The van der Waals surface area contributed by atoms with Crippen LogP contribution in [0.1, 0.15) is 29.9 Å². The van der Waals surface area contributed by atoms with Gasteiger partial charge in [0.2, 0.25) is 5.91 Å². The second-order valence-electron chi connectivity index (χ2n) is 7.45. The number of hydrogen-bond donors (Lipinski definition) is 1. The van der Waals surface area contributed by atoms with Crippen LogP contribution in [0.5, 0.6) is 0 Å². The van der Waals surface area contributed by atoms with E-state index in [4.69, 9.17) is 0 Å².